The van der Waals surface area contributed by atoms with Gasteiger partial charge in [0.25, 0.3) is 5.91 Å². The van der Waals surface area contributed by atoms with Crippen LogP contribution in [0.25, 0.3) is 0 Å². The van der Waals surface area contributed by atoms with Gasteiger partial charge in [-0.05, 0) is 30.7 Å². The monoisotopic (exact) mass is 249 g/mol. The highest BCUT2D eigenvalue weighted by Crippen LogP contribution is 2.08. The Morgan fingerprint density at radius 3 is 3.00 bits per heavy atom. The van der Waals surface area contributed by atoms with E-state index in [1.54, 1.807) is 6.92 Å². The molecule has 7 heteroatoms. The normalized spacial score (nSPS) is 10.3. The van der Waals surface area contributed by atoms with Gasteiger partial charge in [0.15, 0.2) is 5.82 Å². The topological polar surface area (TPSA) is 83.6 Å². The van der Waals surface area contributed by atoms with Crippen molar-refractivity contribution in [3.05, 3.63) is 41.0 Å². The molecule has 0 atom stereocenters. The van der Waals surface area contributed by atoms with Crippen LogP contribution in [0.1, 0.15) is 21.7 Å². The summed E-state index contributed by atoms with van der Waals surface area (Å²) in [7, 11) is 0. The second-order valence-corrected chi connectivity index (χ2v) is 3.80. The summed E-state index contributed by atoms with van der Waals surface area (Å²) in [5.74, 6) is -0.0365. The molecule has 0 saturated heterocycles. The van der Waals surface area contributed by atoms with Crippen molar-refractivity contribution >= 4 is 5.91 Å². The number of benzene rings is 1. The van der Waals surface area contributed by atoms with Crippen LogP contribution in [0.3, 0.4) is 0 Å². The number of hydrogen-bond acceptors (Lipinski definition) is 4. The second kappa shape index (κ2) is 5.35. The SMILES string of the molecule is Cc1cc(C(=O)NCCc2nn[nH]n2)ccc1F. The van der Waals surface area contributed by atoms with E-state index in [0.29, 0.717) is 29.9 Å². The molecule has 2 N–H and O–H groups in total. The zero-order valence-electron chi connectivity index (χ0n) is 9.77. The molecule has 94 valence electrons. The van der Waals surface area contributed by atoms with E-state index in [0.717, 1.165) is 0 Å². The largest absolute Gasteiger partial charge is 0.352 e. The lowest BCUT2D eigenvalue weighted by Gasteiger charge is -2.04. The highest BCUT2D eigenvalue weighted by Gasteiger charge is 2.07. The van der Waals surface area contributed by atoms with E-state index in [4.69, 9.17) is 0 Å². The Labute approximate surface area is 103 Å². The fourth-order valence-electron chi connectivity index (χ4n) is 1.46. The number of halogens is 1. The van der Waals surface area contributed by atoms with Crippen molar-refractivity contribution in [2.75, 3.05) is 6.54 Å². The predicted molar refractivity (Wildman–Crippen MR) is 61.4 cm³/mol. The van der Waals surface area contributed by atoms with Gasteiger partial charge in [-0.3, -0.25) is 4.79 Å². The van der Waals surface area contributed by atoms with Crippen LogP contribution in [0.15, 0.2) is 18.2 Å². The lowest BCUT2D eigenvalue weighted by molar-refractivity contribution is 0.0954. The summed E-state index contributed by atoms with van der Waals surface area (Å²) in [6.45, 7) is 2.01. The van der Waals surface area contributed by atoms with Gasteiger partial charge in [0.2, 0.25) is 0 Å². The van der Waals surface area contributed by atoms with Crippen molar-refractivity contribution in [1.82, 2.24) is 25.9 Å². The Bertz CT molecular complexity index is 540. The number of H-pyrrole nitrogens is 1. The highest BCUT2D eigenvalue weighted by molar-refractivity contribution is 5.94. The molecule has 0 aliphatic carbocycles. The molecule has 0 radical (unpaired) electrons. The van der Waals surface area contributed by atoms with Crippen LogP contribution < -0.4 is 5.32 Å². The zero-order chi connectivity index (χ0) is 13.0. The van der Waals surface area contributed by atoms with E-state index < -0.39 is 0 Å². The quantitative estimate of drug-likeness (QED) is 0.832. The number of rotatable bonds is 4. The van der Waals surface area contributed by atoms with Gasteiger partial charge < -0.3 is 5.32 Å². The van der Waals surface area contributed by atoms with Gasteiger partial charge in [-0.1, -0.05) is 5.21 Å². The number of aromatic amines is 1. The molecule has 18 heavy (non-hydrogen) atoms. The predicted octanol–water partition coefficient (Wildman–Crippen LogP) is 0.620. The van der Waals surface area contributed by atoms with E-state index in [1.807, 2.05) is 0 Å². The number of aromatic nitrogens is 4. The minimum Gasteiger partial charge on any atom is -0.352 e. The Kier molecular flexibility index (Phi) is 3.61. The van der Waals surface area contributed by atoms with Crippen molar-refractivity contribution in [2.24, 2.45) is 0 Å². The molecule has 0 bridgehead atoms. The van der Waals surface area contributed by atoms with E-state index >= 15 is 0 Å². The smallest absolute Gasteiger partial charge is 0.251 e. The van der Waals surface area contributed by atoms with Gasteiger partial charge in [-0.15, -0.1) is 10.2 Å². The summed E-state index contributed by atoms with van der Waals surface area (Å²) in [4.78, 5) is 11.7. The third-order valence-corrected chi connectivity index (χ3v) is 2.44. The molecule has 0 aliphatic heterocycles. The molecule has 1 aromatic heterocycles. The van der Waals surface area contributed by atoms with E-state index in [1.165, 1.54) is 18.2 Å². The van der Waals surface area contributed by atoms with E-state index in [-0.39, 0.29) is 11.7 Å². The molecule has 6 nitrogen and oxygen atoms in total. The second-order valence-electron chi connectivity index (χ2n) is 3.80. The fourth-order valence-corrected chi connectivity index (χ4v) is 1.46. The first-order valence-corrected chi connectivity index (χ1v) is 5.43. The summed E-state index contributed by atoms with van der Waals surface area (Å²) in [5.41, 5.74) is 0.878. The molecule has 2 rings (SSSR count). The van der Waals surface area contributed by atoms with Crippen LogP contribution in [0.2, 0.25) is 0 Å². The molecular formula is C11H12FN5O. The number of nitrogens with one attached hydrogen (secondary N) is 2. The lowest BCUT2D eigenvalue weighted by atomic mass is 10.1. The van der Waals surface area contributed by atoms with Crippen molar-refractivity contribution in [3.63, 3.8) is 0 Å². The van der Waals surface area contributed by atoms with Crippen molar-refractivity contribution in [3.8, 4) is 0 Å². The molecule has 1 aromatic carbocycles. The maximum absolute atomic E-state index is 13.0. The lowest BCUT2D eigenvalue weighted by Crippen LogP contribution is -2.26. The van der Waals surface area contributed by atoms with Gasteiger partial charge in [-0.25, -0.2) is 4.39 Å². The summed E-state index contributed by atoms with van der Waals surface area (Å²) < 4.78 is 13.0. The Morgan fingerprint density at radius 2 is 2.33 bits per heavy atom. The average molecular weight is 249 g/mol. The molecule has 0 spiro atoms. The molecular weight excluding hydrogens is 237 g/mol. The van der Waals surface area contributed by atoms with Crippen molar-refractivity contribution in [1.29, 1.82) is 0 Å². The van der Waals surface area contributed by atoms with Crippen LogP contribution in [-0.2, 0) is 6.42 Å². The van der Waals surface area contributed by atoms with Gasteiger partial charge in [-0.2, -0.15) is 5.21 Å². The van der Waals surface area contributed by atoms with Crippen LogP contribution in [0, 0.1) is 12.7 Å². The third-order valence-electron chi connectivity index (χ3n) is 2.44. The summed E-state index contributed by atoms with van der Waals surface area (Å²) in [6.07, 6.45) is 0.489. The van der Waals surface area contributed by atoms with E-state index in [9.17, 15) is 9.18 Å². The average Bonchev–Trinajstić information content (AvgIpc) is 2.85. The number of tetrazole rings is 1. The molecule has 1 heterocycles. The number of carbonyl (C=O) groups is 1. The first kappa shape index (κ1) is 12.2. The first-order valence-electron chi connectivity index (χ1n) is 5.43. The van der Waals surface area contributed by atoms with Crippen molar-refractivity contribution < 1.29 is 9.18 Å². The van der Waals surface area contributed by atoms with Gasteiger partial charge in [0, 0.05) is 18.5 Å². The highest BCUT2D eigenvalue weighted by atomic mass is 19.1. The third kappa shape index (κ3) is 2.88. The number of carbonyl (C=O) groups excluding carboxylic acids is 1. The first-order chi connectivity index (χ1) is 8.66. The Hall–Kier alpha value is -2.31. The Morgan fingerprint density at radius 1 is 1.50 bits per heavy atom. The Balaban J connectivity index is 1.89. The van der Waals surface area contributed by atoms with Gasteiger partial charge in [0.05, 0.1) is 0 Å². The minimum atomic E-state index is -0.321. The summed E-state index contributed by atoms with van der Waals surface area (Å²) in [5, 5.41) is 16.0. The molecule has 2 aromatic rings. The summed E-state index contributed by atoms with van der Waals surface area (Å²) >= 11 is 0. The molecule has 0 aliphatic rings. The van der Waals surface area contributed by atoms with E-state index in [2.05, 4.69) is 25.9 Å². The molecule has 0 fully saturated rings. The molecule has 0 saturated carbocycles. The van der Waals surface area contributed by atoms with Gasteiger partial charge >= 0.3 is 0 Å². The zero-order valence-corrected chi connectivity index (χ0v) is 9.77. The maximum Gasteiger partial charge on any atom is 0.251 e. The standard InChI is InChI=1S/C11H12FN5O/c1-7-6-8(2-3-9(7)12)11(18)13-5-4-10-14-16-17-15-10/h2-3,6H,4-5H2,1H3,(H,13,18)(H,14,15,16,17). The van der Waals surface area contributed by atoms with Crippen molar-refractivity contribution in [2.45, 2.75) is 13.3 Å². The fraction of sp³-hybridized carbons (Fsp3) is 0.273. The van der Waals surface area contributed by atoms with Crippen LogP contribution in [0.5, 0.6) is 0 Å². The van der Waals surface area contributed by atoms with Crippen LogP contribution >= 0.6 is 0 Å². The molecule has 1 amide bonds. The number of hydrogen-bond donors (Lipinski definition) is 2. The number of nitrogens with zero attached hydrogens (tertiary/aromatic N) is 3. The molecule has 0 unspecified atom stereocenters. The minimum absolute atomic E-state index is 0.249. The number of amides is 1. The number of aryl methyl sites for hydroxylation is 1. The van der Waals surface area contributed by atoms with Gasteiger partial charge in [0.1, 0.15) is 5.82 Å². The summed E-state index contributed by atoms with van der Waals surface area (Å²) in [6, 6.07) is 4.24. The maximum atomic E-state index is 13.0. The van der Waals surface area contributed by atoms with Crippen LogP contribution in [0.4, 0.5) is 4.39 Å². The van der Waals surface area contributed by atoms with Crippen LogP contribution in [-0.4, -0.2) is 33.1 Å².